The fourth-order valence-electron chi connectivity index (χ4n) is 0.855. The van der Waals surface area contributed by atoms with Crippen LogP contribution in [0.15, 0.2) is 0 Å². The van der Waals surface area contributed by atoms with Gasteiger partial charge in [0, 0.05) is 0 Å². The smallest absolute Gasteiger partial charge is 0.345 e. The average Bonchev–Trinajstić information content (AvgIpc) is 2.80. The summed E-state index contributed by atoms with van der Waals surface area (Å²) < 4.78 is 9.17. The van der Waals surface area contributed by atoms with Crippen LogP contribution in [-0.4, -0.2) is 41.4 Å². The fraction of sp³-hybridized carbons (Fsp3) is 0.750. The highest BCUT2D eigenvalue weighted by Crippen LogP contribution is 2.22. The summed E-state index contributed by atoms with van der Waals surface area (Å²) in [6.45, 7) is 3.03. The van der Waals surface area contributed by atoms with E-state index >= 15 is 0 Å². The van der Waals surface area contributed by atoms with Gasteiger partial charge < -0.3 is 20.3 Å². The Morgan fingerprint density at radius 1 is 1.57 bits per heavy atom. The second kappa shape index (κ2) is 4.04. The molecule has 6 nitrogen and oxygen atoms in total. The molecule has 14 heavy (non-hydrogen) atoms. The molecule has 0 aromatic heterocycles. The predicted molar refractivity (Wildman–Crippen MR) is 45.1 cm³/mol. The Bertz CT molecular complexity index is 252. The van der Waals surface area contributed by atoms with E-state index in [-0.39, 0.29) is 6.10 Å². The van der Waals surface area contributed by atoms with Crippen LogP contribution in [0.25, 0.3) is 0 Å². The lowest BCUT2D eigenvalue weighted by atomic mass is 10.2. The van der Waals surface area contributed by atoms with Crippen LogP contribution in [0, 0.1) is 0 Å². The minimum absolute atomic E-state index is 0.210. The first-order valence-electron chi connectivity index (χ1n) is 4.28. The molecule has 6 heteroatoms. The lowest BCUT2D eigenvalue weighted by molar-refractivity contribution is -0.162. The molecule has 0 bridgehead atoms. The summed E-state index contributed by atoms with van der Waals surface area (Å²) in [7, 11) is 0. The molecule has 0 saturated carbocycles. The summed E-state index contributed by atoms with van der Waals surface area (Å²) in [5.74, 6) is -1.69. The van der Waals surface area contributed by atoms with Crippen molar-refractivity contribution in [2.45, 2.75) is 38.2 Å². The number of esters is 2. The van der Waals surface area contributed by atoms with Gasteiger partial charge >= 0.3 is 11.9 Å². The Labute approximate surface area is 81.0 Å². The molecule has 1 aliphatic rings. The Morgan fingerprint density at radius 2 is 2.07 bits per heavy atom. The van der Waals surface area contributed by atoms with Crippen LogP contribution in [0.4, 0.5) is 0 Å². The van der Waals surface area contributed by atoms with Crippen LogP contribution in [0.1, 0.15) is 13.8 Å². The van der Waals surface area contributed by atoms with Crippen molar-refractivity contribution < 1.29 is 24.2 Å². The van der Waals surface area contributed by atoms with Crippen molar-refractivity contribution in [3.05, 3.63) is 0 Å². The molecule has 0 radical (unpaired) electrons. The van der Waals surface area contributed by atoms with Crippen molar-refractivity contribution in [3.8, 4) is 0 Å². The van der Waals surface area contributed by atoms with Gasteiger partial charge in [0.1, 0.15) is 6.04 Å². The molecule has 0 amide bonds. The lowest BCUT2D eigenvalue weighted by Gasteiger charge is -2.11. The van der Waals surface area contributed by atoms with Gasteiger partial charge in [0.15, 0.2) is 6.10 Å². The molecule has 1 heterocycles. The van der Waals surface area contributed by atoms with Gasteiger partial charge in [0.2, 0.25) is 0 Å². The highest BCUT2D eigenvalue weighted by molar-refractivity contribution is 5.91. The standard InChI is InChI=1S/C8H13NO5/c1-3(10)5(9)7(11)14-8(12)6-4(2)13-6/h3-6,10H,9H2,1-2H3/t3-,4?,5+,6?/m1/s1. The molecule has 1 aliphatic heterocycles. The molecule has 0 aromatic rings. The fourth-order valence-corrected chi connectivity index (χ4v) is 0.855. The summed E-state index contributed by atoms with van der Waals surface area (Å²) in [6, 6.07) is -1.20. The highest BCUT2D eigenvalue weighted by Gasteiger charge is 2.44. The average molecular weight is 203 g/mol. The summed E-state index contributed by atoms with van der Waals surface area (Å²) in [5.41, 5.74) is 5.25. The molecule has 0 aromatic carbocycles. The van der Waals surface area contributed by atoms with Crippen molar-refractivity contribution in [3.63, 3.8) is 0 Å². The Kier molecular flexibility index (Phi) is 3.20. The minimum atomic E-state index is -1.20. The number of aliphatic hydroxyl groups is 1. The molecule has 1 rings (SSSR count). The van der Waals surface area contributed by atoms with Crippen molar-refractivity contribution >= 4 is 11.9 Å². The van der Waals surface area contributed by atoms with Crippen LogP contribution in [0.2, 0.25) is 0 Å². The first kappa shape index (κ1) is 11.1. The second-order valence-electron chi connectivity index (χ2n) is 3.27. The van der Waals surface area contributed by atoms with Gasteiger partial charge in [-0.25, -0.2) is 9.59 Å². The molecule has 0 aliphatic carbocycles. The number of epoxide rings is 1. The molecule has 4 atom stereocenters. The van der Waals surface area contributed by atoms with E-state index < -0.39 is 30.2 Å². The molecule has 3 N–H and O–H groups in total. The van der Waals surface area contributed by atoms with Gasteiger partial charge in [-0.2, -0.15) is 0 Å². The Morgan fingerprint density at radius 3 is 2.43 bits per heavy atom. The Balaban J connectivity index is 2.37. The van der Waals surface area contributed by atoms with Gasteiger partial charge in [-0.05, 0) is 13.8 Å². The van der Waals surface area contributed by atoms with Gasteiger partial charge in [-0.15, -0.1) is 0 Å². The van der Waals surface area contributed by atoms with Gasteiger partial charge in [0.25, 0.3) is 0 Å². The quantitative estimate of drug-likeness (QED) is 0.330. The maximum atomic E-state index is 11.1. The van der Waals surface area contributed by atoms with Crippen molar-refractivity contribution in [2.75, 3.05) is 0 Å². The van der Waals surface area contributed by atoms with E-state index in [0.29, 0.717) is 0 Å². The molecule has 2 unspecified atom stereocenters. The van der Waals surface area contributed by atoms with Crippen LogP contribution in [-0.2, 0) is 19.1 Å². The Hall–Kier alpha value is -0.980. The number of rotatable bonds is 3. The highest BCUT2D eigenvalue weighted by atomic mass is 16.7. The van der Waals surface area contributed by atoms with Gasteiger partial charge in [0.05, 0.1) is 12.2 Å². The van der Waals surface area contributed by atoms with E-state index in [9.17, 15) is 9.59 Å². The SMILES string of the molecule is CC1OC1C(=O)OC(=O)[C@@H](N)[C@@H](C)O. The summed E-state index contributed by atoms with van der Waals surface area (Å²) in [6.07, 6.45) is -1.92. The number of hydrogen-bond acceptors (Lipinski definition) is 6. The monoisotopic (exact) mass is 203 g/mol. The largest absolute Gasteiger partial charge is 0.391 e. The number of aliphatic hydroxyl groups excluding tert-OH is 1. The first-order valence-corrected chi connectivity index (χ1v) is 4.28. The number of hydrogen-bond donors (Lipinski definition) is 2. The third-order valence-electron chi connectivity index (χ3n) is 1.94. The van der Waals surface area contributed by atoms with Crippen molar-refractivity contribution in [2.24, 2.45) is 5.73 Å². The number of carbonyl (C=O) groups is 2. The normalized spacial score (nSPS) is 29.1. The molecule has 1 saturated heterocycles. The van der Waals surface area contributed by atoms with Crippen molar-refractivity contribution in [1.29, 1.82) is 0 Å². The molecule has 0 spiro atoms. The van der Waals surface area contributed by atoms with Crippen LogP contribution in [0.5, 0.6) is 0 Å². The zero-order valence-corrected chi connectivity index (χ0v) is 7.97. The summed E-state index contributed by atoms with van der Waals surface area (Å²) >= 11 is 0. The zero-order valence-electron chi connectivity index (χ0n) is 7.97. The van der Waals surface area contributed by atoms with Crippen LogP contribution in [0.3, 0.4) is 0 Å². The second-order valence-corrected chi connectivity index (χ2v) is 3.27. The molecule has 80 valence electrons. The van der Waals surface area contributed by atoms with Crippen LogP contribution < -0.4 is 5.73 Å². The summed E-state index contributed by atoms with van der Waals surface area (Å²) in [5, 5.41) is 8.94. The molecular weight excluding hydrogens is 190 g/mol. The first-order chi connectivity index (χ1) is 6.43. The van der Waals surface area contributed by atoms with Crippen molar-refractivity contribution in [1.82, 2.24) is 0 Å². The van der Waals surface area contributed by atoms with E-state index in [0.717, 1.165) is 0 Å². The van der Waals surface area contributed by atoms with E-state index in [2.05, 4.69) is 4.74 Å². The van der Waals surface area contributed by atoms with Crippen LogP contribution >= 0.6 is 0 Å². The van der Waals surface area contributed by atoms with Gasteiger partial charge in [-0.3, -0.25) is 0 Å². The van der Waals surface area contributed by atoms with Gasteiger partial charge in [-0.1, -0.05) is 0 Å². The lowest BCUT2D eigenvalue weighted by Crippen LogP contribution is -2.42. The van der Waals surface area contributed by atoms with E-state index in [4.69, 9.17) is 15.6 Å². The van der Waals surface area contributed by atoms with E-state index in [1.807, 2.05) is 0 Å². The van der Waals surface area contributed by atoms with E-state index in [1.165, 1.54) is 6.92 Å². The maximum Gasteiger partial charge on any atom is 0.345 e. The number of nitrogens with two attached hydrogens (primary N) is 1. The number of carbonyl (C=O) groups excluding carboxylic acids is 2. The molecular formula is C8H13NO5. The third kappa shape index (κ3) is 2.50. The number of ether oxygens (including phenoxy) is 2. The topological polar surface area (TPSA) is 102 Å². The minimum Gasteiger partial charge on any atom is -0.391 e. The summed E-state index contributed by atoms with van der Waals surface area (Å²) in [4.78, 5) is 22.1. The molecule has 1 fully saturated rings. The predicted octanol–water partition coefficient (Wildman–Crippen LogP) is -1.45. The maximum absolute atomic E-state index is 11.1. The van der Waals surface area contributed by atoms with E-state index in [1.54, 1.807) is 6.92 Å². The third-order valence-corrected chi connectivity index (χ3v) is 1.94. The zero-order chi connectivity index (χ0) is 10.9.